The van der Waals surface area contributed by atoms with Crippen molar-refractivity contribution >= 4 is 11.7 Å². The molecule has 1 aliphatic heterocycles. The van der Waals surface area contributed by atoms with Crippen LogP contribution in [0.25, 0.3) is 0 Å². The molecule has 0 bridgehead atoms. The van der Waals surface area contributed by atoms with Gasteiger partial charge < -0.3 is 9.57 Å². The minimum absolute atomic E-state index is 0.229. The Morgan fingerprint density at radius 2 is 2.14 bits per heavy atom. The molecular weight excluding hydrogens is 182 g/mol. The van der Waals surface area contributed by atoms with Crippen LogP contribution in [0.1, 0.15) is 6.42 Å². The molecule has 1 heterocycles. The molecule has 14 heavy (non-hydrogen) atoms. The largest absolute Gasteiger partial charge is 0.488 e. The Morgan fingerprint density at radius 3 is 2.79 bits per heavy atom. The third-order valence-electron chi connectivity index (χ3n) is 1.77. The van der Waals surface area contributed by atoms with Crippen molar-refractivity contribution in [2.75, 3.05) is 6.61 Å². The number of ether oxygens (including phenoxy) is 1. The molecule has 0 atom stereocenters. The van der Waals surface area contributed by atoms with Crippen LogP contribution in [0, 0.1) is 0 Å². The molecular formula is C10H9NO3. The van der Waals surface area contributed by atoms with Crippen LogP contribution >= 0.6 is 0 Å². The van der Waals surface area contributed by atoms with Gasteiger partial charge in [-0.1, -0.05) is 23.4 Å². The fourth-order valence-electron chi connectivity index (χ4n) is 1.11. The number of benzene rings is 1. The normalized spacial score (nSPS) is 14.9. The molecule has 0 unspecified atom stereocenters. The Hall–Kier alpha value is -1.84. The maximum Gasteiger partial charge on any atom is 0.340 e. The van der Waals surface area contributed by atoms with E-state index in [1.165, 1.54) is 0 Å². The van der Waals surface area contributed by atoms with Crippen molar-refractivity contribution in [3.8, 4) is 5.75 Å². The fourth-order valence-corrected chi connectivity index (χ4v) is 1.11. The summed E-state index contributed by atoms with van der Waals surface area (Å²) in [6, 6.07) is 9.36. The van der Waals surface area contributed by atoms with Crippen LogP contribution in [0.5, 0.6) is 5.75 Å². The number of rotatable bonds is 3. The molecule has 4 nitrogen and oxygen atoms in total. The van der Waals surface area contributed by atoms with E-state index in [0.717, 1.165) is 5.75 Å². The molecule has 0 fully saturated rings. The molecule has 72 valence electrons. The second kappa shape index (κ2) is 3.91. The predicted octanol–water partition coefficient (Wildman–Crippen LogP) is 1.37. The van der Waals surface area contributed by atoms with E-state index in [4.69, 9.17) is 4.74 Å². The number of nitrogens with zero attached hydrogens (tertiary/aromatic N) is 1. The van der Waals surface area contributed by atoms with Gasteiger partial charge in [0.05, 0.1) is 6.42 Å². The van der Waals surface area contributed by atoms with Gasteiger partial charge in [0.2, 0.25) is 0 Å². The van der Waals surface area contributed by atoms with Gasteiger partial charge in [0.25, 0.3) is 0 Å². The van der Waals surface area contributed by atoms with Crippen molar-refractivity contribution in [1.29, 1.82) is 0 Å². The Kier molecular flexibility index (Phi) is 2.44. The van der Waals surface area contributed by atoms with E-state index in [1.54, 1.807) is 0 Å². The van der Waals surface area contributed by atoms with Gasteiger partial charge in [-0.2, -0.15) is 0 Å². The second-order valence-electron chi connectivity index (χ2n) is 2.90. The van der Waals surface area contributed by atoms with Crippen molar-refractivity contribution in [3.63, 3.8) is 0 Å². The first-order chi connectivity index (χ1) is 6.84. The quantitative estimate of drug-likeness (QED) is 0.678. The average Bonchev–Trinajstić information content (AvgIpc) is 2.63. The highest BCUT2D eigenvalue weighted by atomic mass is 16.7. The molecule has 0 amide bonds. The summed E-state index contributed by atoms with van der Waals surface area (Å²) in [7, 11) is 0. The SMILES string of the molecule is O=C1CC(COc2ccccc2)=NO1. The minimum Gasteiger partial charge on any atom is -0.488 e. The van der Waals surface area contributed by atoms with Gasteiger partial charge >= 0.3 is 5.97 Å². The molecule has 0 aliphatic carbocycles. The summed E-state index contributed by atoms with van der Waals surface area (Å²) in [5.41, 5.74) is 0.624. The van der Waals surface area contributed by atoms with Gasteiger partial charge in [-0.25, -0.2) is 4.79 Å². The lowest BCUT2D eigenvalue weighted by molar-refractivity contribution is -0.140. The zero-order valence-corrected chi connectivity index (χ0v) is 7.47. The smallest absolute Gasteiger partial charge is 0.340 e. The Balaban J connectivity index is 1.86. The maximum atomic E-state index is 10.7. The maximum absolute atomic E-state index is 10.7. The molecule has 0 radical (unpaired) electrons. The first kappa shape index (κ1) is 8.74. The van der Waals surface area contributed by atoms with Crippen LogP contribution in [0.3, 0.4) is 0 Å². The van der Waals surface area contributed by atoms with Gasteiger partial charge in [0.1, 0.15) is 18.1 Å². The summed E-state index contributed by atoms with van der Waals surface area (Å²) < 4.78 is 5.38. The van der Waals surface area contributed by atoms with Crippen LogP contribution in [-0.2, 0) is 9.63 Å². The lowest BCUT2D eigenvalue weighted by Crippen LogP contribution is -2.10. The highest BCUT2D eigenvalue weighted by Crippen LogP contribution is 2.10. The van der Waals surface area contributed by atoms with Crippen LogP contribution in [-0.4, -0.2) is 18.3 Å². The van der Waals surface area contributed by atoms with Crippen molar-refractivity contribution in [1.82, 2.24) is 0 Å². The summed E-state index contributed by atoms with van der Waals surface area (Å²) in [6.45, 7) is 0.301. The Morgan fingerprint density at radius 1 is 1.36 bits per heavy atom. The fraction of sp³-hybridized carbons (Fsp3) is 0.200. The molecule has 1 aromatic carbocycles. The van der Waals surface area contributed by atoms with Crippen molar-refractivity contribution in [2.45, 2.75) is 6.42 Å². The highest BCUT2D eigenvalue weighted by Gasteiger charge is 2.17. The zero-order chi connectivity index (χ0) is 9.80. The summed E-state index contributed by atoms with van der Waals surface area (Å²) in [4.78, 5) is 15.1. The molecule has 0 saturated heterocycles. The van der Waals surface area contributed by atoms with Gasteiger partial charge in [-0.3, -0.25) is 0 Å². The number of hydrogen-bond donors (Lipinski definition) is 0. The van der Waals surface area contributed by atoms with Crippen LogP contribution in [0.2, 0.25) is 0 Å². The van der Waals surface area contributed by atoms with E-state index in [0.29, 0.717) is 12.3 Å². The molecule has 0 N–H and O–H groups in total. The monoisotopic (exact) mass is 191 g/mol. The minimum atomic E-state index is -0.323. The third-order valence-corrected chi connectivity index (χ3v) is 1.77. The number of oxime groups is 1. The van der Waals surface area contributed by atoms with Gasteiger partial charge in [0.15, 0.2) is 0 Å². The number of hydrogen-bond acceptors (Lipinski definition) is 4. The summed E-state index contributed by atoms with van der Waals surface area (Å²) in [6.07, 6.45) is 0.229. The van der Waals surface area contributed by atoms with E-state index in [-0.39, 0.29) is 12.4 Å². The van der Waals surface area contributed by atoms with E-state index < -0.39 is 0 Å². The van der Waals surface area contributed by atoms with E-state index in [9.17, 15) is 4.79 Å². The number of carbonyl (C=O) groups is 1. The van der Waals surface area contributed by atoms with Crippen LogP contribution in [0.15, 0.2) is 35.5 Å². The molecule has 0 aromatic heterocycles. The summed E-state index contributed by atoms with van der Waals surface area (Å²) >= 11 is 0. The van der Waals surface area contributed by atoms with E-state index in [1.807, 2.05) is 30.3 Å². The van der Waals surface area contributed by atoms with Gasteiger partial charge in [-0.15, -0.1) is 0 Å². The molecule has 1 aliphatic rings. The van der Waals surface area contributed by atoms with Crippen molar-refractivity contribution in [3.05, 3.63) is 30.3 Å². The molecule has 1 aromatic rings. The van der Waals surface area contributed by atoms with Crippen molar-refractivity contribution in [2.24, 2.45) is 5.16 Å². The third kappa shape index (κ3) is 2.10. The van der Waals surface area contributed by atoms with Gasteiger partial charge in [-0.05, 0) is 12.1 Å². The molecule has 4 heteroatoms. The lowest BCUT2D eigenvalue weighted by Gasteiger charge is -2.02. The lowest BCUT2D eigenvalue weighted by atomic mass is 10.3. The van der Waals surface area contributed by atoms with Gasteiger partial charge in [0, 0.05) is 0 Å². The first-order valence-electron chi connectivity index (χ1n) is 4.28. The second-order valence-corrected chi connectivity index (χ2v) is 2.90. The number of carbonyl (C=O) groups excluding carboxylic acids is 1. The average molecular weight is 191 g/mol. The molecule has 2 rings (SSSR count). The standard InChI is InChI=1S/C10H9NO3/c12-10-6-8(11-14-10)7-13-9-4-2-1-3-5-9/h1-5H,6-7H2. The Bertz CT molecular complexity index is 359. The van der Waals surface area contributed by atoms with E-state index in [2.05, 4.69) is 9.99 Å². The van der Waals surface area contributed by atoms with Crippen LogP contribution < -0.4 is 4.74 Å². The summed E-state index contributed by atoms with van der Waals surface area (Å²) in [5, 5.41) is 3.57. The first-order valence-corrected chi connectivity index (χ1v) is 4.28. The highest BCUT2D eigenvalue weighted by molar-refractivity contribution is 6.02. The Labute approximate surface area is 81.1 Å². The van der Waals surface area contributed by atoms with Crippen molar-refractivity contribution < 1.29 is 14.4 Å². The number of para-hydroxylation sites is 1. The molecule has 0 saturated carbocycles. The zero-order valence-electron chi connectivity index (χ0n) is 7.47. The predicted molar refractivity (Wildman–Crippen MR) is 50.1 cm³/mol. The summed E-state index contributed by atoms with van der Waals surface area (Å²) in [5.74, 6) is 0.436. The topological polar surface area (TPSA) is 47.9 Å². The van der Waals surface area contributed by atoms with Crippen LogP contribution in [0.4, 0.5) is 0 Å². The molecule has 0 spiro atoms. The van der Waals surface area contributed by atoms with E-state index >= 15 is 0 Å².